The van der Waals surface area contributed by atoms with Crippen LogP contribution < -0.4 is 5.32 Å². The number of nitrogens with zero attached hydrogens (tertiary/aromatic N) is 2. The number of hydrogen-bond acceptors (Lipinski definition) is 2. The molecular formula is C13H23Cl2N3. The van der Waals surface area contributed by atoms with Crippen molar-refractivity contribution in [3.63, 3.8) is 0 Å². The first-order chi connectivity index (χ1) is 8.41. The van der Waals surface area contributed by atoms with Gasteiger partial charge in [0.2, 0.25) is 0 Å². The van der Waals surface area contributed by atoms with E-state index in [0.717, 1.165) is 42.5 Å². The maximum absolute atomic E-state index is 6.26. The number of halogens is 2. The van der Waals surface area contributed by atoms with Gasteiger partial charge in [-0.2, -0.15) is 5.10 Å². The van der Waals surface area contributed by atoms with Crippen molar-refractivity contribution < 1.29 is 0 Å². The number of rotatable bonds is 7. The van der Waals surface area contributed by atoms with Crippen LogP contribution in [-0.2, 0) is 13.1 Å². The zero-order valence-corrected chi connectivity index (χ0v) is 13.2. The number of nitrogens with one attached hydrogen (secondary N) is 1. The minimum atomic E-state index is 0.209. The van der Waals surface area contributed by atoms with Crippen LogP contribution in [0.4, 0.5) is 0 Å². The summed E-state index contributed by atoms with van der Waals surface area (Å²) in [7, 11) is 0. The van der Waals surface area contributed by atoms with Crippen LogP contribution in [0.3, 0.4) is 0 Å². The average Bonchev–Trinajstić information content (AvgIpc) is 2.56. The molecule has 0 aliphatic rings. The van der Waals surface area contributed by atoms with Crippen molar-refractivity contribution in [2.45, 2.75) is 47.2 Å². The molecule has 0 saturated heterocycles. The van der Waals surface area contributed by atoms with Crippen LogP contribution in [0.2, 0.25) is 5.02 Å². The van der Waals surface area contributed by atoms with Gasteiger partial charge in [0.1, 0.15) is 0 Å². The van der Waals surface area contributed by atoms with Gasteiger partial charge >= 0.3 is 0 Å². The smallest absolute Gasteiger partial charge is 0.0860 e. The second-order valence-corrected chi connectivity index (χ2v) is 6.12. The van der Waals surface area contributed by atoms with Gasteiger partial charge in [-0.25, -0.2) is 0 Å². The zero-order chi connectivity index (χ0) is 13.8. The van der Waals surface area contributed by atoms with Gasteiger partial charge in [-0.1, -0.05) is 25.4 Å². The van der Waals surface area contributed by atoms with Crippen molar-refractivity contribution >= 4 is 23.2 Å². The van der Waals surface area contributed by atoms with Crippen molar-refractivity contribution in [1.29, 1.82) is 0 Å². The van der Waals surface area contributed by atoms with Crippen molar-refractivity contribution in [2.24, 2.45) is 5.41 Å². The molecule has 1 heterocycles. The zero-order valence-electron chi connectivity index (χ0n) is 11.7. The lowest BCUT2D eigenvalue weighted by Gasteiger charge is -2.24. The van der Waals surface area contributed by atoms with Crippen molar-refractivity contribution in [3.8, 4) is 0 Å². The molecule has 3 nitrogen and oxygen atoms in total. The van der Waals surface area contributed by atoms with Gasteiger partial charge in [0.05, 0.1) is 16.4 Å². The topological polar surface area (TPSA) is 29.9 Å². The Kier molecular flexibility index (Phi) is 5.96. The van der Waals surface area contributed by atoms with Crippen LogP contribution in [0.1, 0.15) is 38.6 Å². The Bertz CT molecular complexity index is 386. The normalized spacial score (nSPS) is 12.1. The third-order valence-corrected chi connectivity index (χ3v) is 3.80. The summed E-state index contributed by atoms with van der Waals surface area (Å²) in [6.07, 6.45) is 1.00. The van der Waals surface area contributed by atoms with Gasteiger partial charge in [-0.3, -0.25) is 4.68 Å². The summed E-state index contributed by atoms with van der Waals surface area (Å²) in [6.45, 7) is 11.0. The van der Waals surface area contributed by atoms with Gasteiger partial charge in [0, 0.05) is 25.5 Å². The lowest BCUT2D eigenvalue weighted by molar-refractivity contribution is 0.327. The van der Waals surface area contributed by atoms with Crippen LogP contribution in [0.25, 0.3) is 0 Å². The first-order valence-corrected chi connectivity index (χ1v) is 7.31. The molecule has 104 valence electrons. The molecule has 0 atom stereocenters. The Labute approximate surface area is 120 Å². The highest BCUT2D eigenvalue weighted by atomic mass is 35.5. The summed E-state index contributed by atoms with van der Waals surface area (Å²) in [5.74, 6) is 0.696. The Morgan fingerprint density at radius 1 is 1.39 bits per heavy atom. The van der Waals surface area contributed by atoms with E-state index in [9.17, 15) is 0 Å². The third-order valence-electron chi connectivity index (χ3n) is 3.12. The van der Waals surface area contributed by atoms with Crippen LogP contribution in [0, 0.1) is 12.3 Å². The number of aromatic nitrogens is 2. The van der Waals surface area contributed by atoms with Crippen LogP contribution in [0.15, 0.2) is 0 Å². The Morgan fingerprint density at radius 2 is 2.06 bits per heavy atom. The minimum Gasteiger partial charge on any atom is -0.311 e. The fourth-order valence-electron chi connectivity index (χ4n) is 1.90. The molecule has 1 rings (SSSR count). The lowest BCUT2D eigenvalue weighted by Crippen LogP contribution is -2.30. The van der Waals surface area contributed by atoms with Crippen molar-refractivity contribution in [2.75, 3.05) is 12.4 Å². The van der Waals surface area contributed by atoms with Gasteiger partial charge in [-0.15, -0.1) is 11.6 Å². The minimum absolute atomic E-state index is 0.209. The molecule has 0 radical (unpaired) electrons. The number of alkyl halides is 1. The van der Waals surface area contributed by atoms with E-state index in [4.69, 9.17) is 23.2 Å². The molecule has 1 aromatic rings. The second-order valence-electron chi connectivity index (χ2n) is 5.37. The Morgan fingerprint density at radius 3 is 2.61 bits per heavy atom. The SMILES string of the molecule is CCn1nc(C)c(Cl)c1CNCC(C)(C)CCCl. The van der Waals surface area contributed by atoms with Gasteiger partial charge in [0.15, 0.2) is 0 Å². The quantitative estimate of drug-likeness (QED) is 0.778. The molecule has 0 unspecified atom stereocenters. The predicted molar refractivity (Wildman–Crippen MR) is 78.5 cm³/mol. The van der Waals surface area contributed by atoms with E-state index >= 15 is 0 Å². The van der Waals surface area contributed by atoms with Gasteiger partial charge < -0.3 is 5.32 Å². The van der Waals surface area contributed by atoms with E-state index in [1.165, 1.54) is 0 Å². The molecule has 0 aromatic carbocycles. The molecule has 0 bridgehead atoms. The second kappa shape index (κ2) is 6.78. The maximum Gasteiger partial charge on any atom is 0.0860 e. The van der Waals surface area contributed by atoms with Gasteiger partial charge in [-0.05, 0) is 25.7 Å². The summed E-state index contributed by atoms with van der Waals surface area (Å²) in [4.78, 5) is 0. The molecule has 0 saturated carbocycles. The molecular weight excluding hydrogens is 269 g/mol. The highest BCUT2D eigenvalue weighted by molar-refractivity contribution is 6.31. The first-order valence-electron chi connectivity index (χ1n) is 6.39. The first kappa shape index (κ1) is 15.8. The predicted octanol–water partition coefficient (Wildman–Crippen LogP) is 3.61. The molecule has 1 aromatic heterocycles. The lowest BCUT2D eigenvalue weighted by atomic mass is 9.90. The highest BCUT2D eigenvalue weighted by Crippen LogP contribution is 2.22. The fourth-order valence-corrected chi connectivity index (χ4v) is 2.62. The van der Waals surface area contributed by atoms with E-state index < -0.39 is 0 Å². The monoisotopic (exact) mass is 291 g/mol. The van der Waals surface area contributed by atoms with Crippen LogP contribution >= 0.6 is 23.2 Å². The Hall–Kier alpha value is -0.250. The molecule has 0 aliphatic carbocycles. The third kappa shape index (κ3) is 4.15. The molecule has 18 heavy (non-hydrogen) atoms. The van der Waals surface area contributed by atoms with E-state index in [1.54, 1.807) is 0 Å². The van der Waals surface area contributed by atoms with E-state index in [-0.39, 0.29) is 5.41 Å². The molecule has 0 amide bonds. The maximum atomic E-state index is 6.26. The molecule has 0 spiro atoms. The van der Waals surface area contributed by atoms with E-state index in [2.05, 4.69) is 31.2 Å². The highest BCUT2D eigenvalue weighted by Gasteiger charge is 2.18. The standard InChI is InChI=1S/C13H23Cl2N3/c1-5-18-11(12(15)10(2)17-18)8-16-9-13(3,4)6-7-14/h16H,5-9H2,1-4H3. The molecule has 0 fully saturated rings. The molecule has 1 N–H and O–H groups in total. The summed E-state index contributed by atoms with van der Waals surface area (Å²) < 4.78 is 1.96. The van der Waals surface area contributed by atoms with Gasteiger partial charge in [0.25, 0.3) is 0 Å². The number of aryl methyl sites for hydroxylation is 2. The van der Waals surface area contributed by atoms with E-state index in [1.807, 2.05) is 11.6 Å². The largest absolute Gasteiger partial charge is 0.311 e. The summed E-state index contributed by atoms with van der Waals surface area (Å²) >= 11 is 12.1. The van der Waals surface area contributed by atoms with Crippen LogP contribution in [-0.4, -0.2) is 22.2 Å². The average molecular weight is 292 g/mol. The van der Waals surface area contributed by atoms with Crippen LogP contribution in [0.5, 0.6) is 0 Å². The molecule has 0 aliphatic heterocycles. The van der Waals surface area contributed by atoms with Crippen molar-refractivity contribution in [3.05, 3.63) is 16.4 Å². The number of hydrogen-bond donors (Lipinski definition) is 1. The molecule has 5 heteroatoms. The summed E-state index contributed by atoms with van der Waals surface area (Å²) in [5.41, 5.74) is 2.18. The summed E-state index contributed by atoms with van der Waals surface area (Å²) in [6, 6.07) is 0. The summed E-state index contributed by atoms with van der Waals surface area (Å²) in [5, 5.41) is 8.63. The fraction of sp³-hybridized carbons (Fsp3) is 0.769. The van der Waals surface area contributed by atoms with E-state index in [0.29, 0.717) is 5.88 Å². The Balaban J connectivity index is 2.59. The van der Waals surface area contributed by atoms with Crippen molar-refractivity contribution in [1.82, 2.24) is 15.1 Å².